The van der Waals surface area contributed by atoms with Gasteiger partial charge in [0.05, 0.1) is 6.54 Å². The highest BCUT2D eigenvalue weighted by Gasteiger charge is 2.07. The molecule has 9 heavy (non-hydrogen) atoms. The molecular weight excluding hydrogens is 114 g/mol. The molecule has 0 heterocycles. The summed E-state index contributed by atoms with van der Waals surface area (Å²) in [4.78, 5) is 10.9. The molecule has 0 bridgehead atoms. The molecule has 0 aliphatic carbocycles. The van der Waals surface area contributed by atoms with Crippen LogP contribution in [0, 0.1) is 5.92 Å². The third kappa shape index (κ3) is 3.25. The third-order valence-corrected chi connectivity index (χ3v) is 1.51. The molecule has 0 fully saturated rings. The molecule has 0 rings (SSSR count). The van der Waals surface area contributed by atoms with Crippen LogP contribution in [0.25, 0.3) is 0 Å². The van der Waals surface area contributed by atoms with Crippen LogP contribution < -0.4 is 5.32 Å². The molecule has 2 nitrogen and oxygen atoms in total. The summed E-state index contributed by atoms with van der Waals surface area (Å²) in [5.74, 6) is 0.525. The van der Waals surface area contributed by atoms with Crippen LogP contribution in [-0.4, -0.2) is 19.4 Å². The van der Waals surface area contributed by atoms with E-state index in [0.29, 0.717) is 12.3 Å². The lowest BCUT2D eigenvalue weighted by Crippen LogP contribution is -2.23. The first-order chi connectivity index (χ1) is 4.22. The predicted molar refractivity (Wildman–Crippen MR) is 38.4 cm³/mol. The number of rotatable bonds is 4. The van der Waals surface area contributed by atoms with Crippen molar-refractivity contribution in [3.05, 3.63) is 0 Å². The second kappa shape index (κ2) is 4.50. The van der Waals surface area contributed by atoms with Crippen LogP contribution in [-0.2, 0) is 4.79 Å². The van der Waals surface area contributed by atoms with Gasteiger partial charge in [0.1, 0.15) is 5.78 Å². The smallest absolute Gasteiger partial charge is 0.149 e. The van der Waals surface area contributed by atoms with Crippen molar-refractivity contribution in [3.63, 3.8) is 0 Å². The molecule has 1 atom stereocenters. The van der Waals surface area contributed by atoms with Gasteiger partial charge < -0.3 is 5.32 Å². The lowest BCUT2D eigenvalue weighted by atomic mass is 10.0. The van der Waals surface area contributed by atoms with E-state index in [2.05, 4.69) is 5.32 Å². The van der Waals surface area contributed by atoms with Gasteiger partial charge in [0.15, 0.2) is 0 Å². The van der Waals surface area contributed by atoms with E-state index < -0.39 is 0 Å². The Morgan fingerprint density at radius 2 is 2.22 bits per heavy atom. The second-order valence-corrected chi connectivity index (χ2v) is 2.31. The minimum absolute atomic E-state index is 0.220. The Morgan fingerprint density at radius 3 is 2.56 bits per heavy atom. The summed E-state index contributed by atoms with van der Waals surface area (Å²) in [6, 6.07) is 0. The summed E-state index contributed by atoms with van der Waals surface area (Å²) in [6.45, 7) is 4.49. The Hall–Kier alpha value is -0.370. The molecule has 1 N–H and O–H groups in total. The molecule has 0 aliphatic heterocycles. The predicted octanol–water partition coefficient (Wildman–Crippen LogP) is 0.821. The van der Waals surface area contributed by atoms with Crippen molar-refractivity contribution in [2.75, 3.05) is 13.6 Å². The van der Waals surface area contributed by atoms with Gasteiger partial charge in [-0.25, -0.2) is 0 Å². The summed E-state index contributed by atoms with van der Waals surface area (Å²) in [5.41, 5.74) is 0. The third-order valence-electron chi connectivity index (χ3n) is 1.51. The average Bonchev–Trinajstić information content (AvgIpc) is 1.87. The summed E-state index contributed by atoms with van der Waals surface area (Å²) in [7, 11) is 1.79. The van der Waals surface area contributed by atoms with Gasteiger partial charge in [-0.2, -0.15) is 0 Å². The maximum absolute atomic E-state index is 10.9. The molecule has 0 aromatic heterocycles. The summed E-state index contributed by atoms with van der Waals surface area (Å²) in [5, 5.41) is 2.83. The van der Waals surface area contributed by atoms with Crippen LogP contribution in [0.3, 0.4) is 0 Å². The molecule has 2 heteroatoms. The summed E-state index contributed by atoms with van der Waals surface area (Å²) >= 11 is 0. The Bertz CT molecular complexity index is 90.9. The molecular formula is C7H15NO. The minimum Gasteiger partial charge on any atom is -0.313 e. The Morgan fingerprint density at radius 1 is 1.67 bits per heavy atom. The minimum atomic E-state index is 0.220. The van der Waals surface area contributed by atoms with E-state index in [0.717, 1.165) is 6.42 Å². The molecule has 0 saturated heterocycles. The maximum Gasteiger partial charge on any atom is 0.149 e. The number of carbonyl (C=O) groups is 1. The van der Waals surface area contributed by atoms with Crippen molar-refractivity contribution >= 4 is 5.78 Å². The van der Waals surface area contributed by atoms with Crippen molar-refractivity contribution in [1.82, 2.24) is 5.32 Å². The van der Waals surface area contributed by atoms with Gasteiger partial charge in [-0.15, -0.1) is 0 Å². The van der Waals surface area contributed by atoms with Crippen molar-refractivity contribution in [1.29, 1.82) is 0 Å². The van der Waals surface area contributed by atoms with Crippen LogP contribution in [0.5, 0.6) is 0 Å². The number of Topliss-reactive ketones (excluding diaryl/α,β-unsaturated/α-hetero) is 1. The molecule has 1 unspecified atom stereocenters. The maximum atomic E-state index is 10.9. The first-order valence-electron chi connectivity index (χ1n) is 3.39. The Labute approximate surface area is 56.6 Å². The quantitative estimate of drug-likeness (QED) is 0.609. The molecule has 54 valence electrons. The van der Waals surface area contributed by atoms with E-state index in [4.69, 9.17) is 0 Å². The van der Waals surface area contributed by atoms with Crippen LogP contribution in [0.4, 0.5) is 0 Å². The number of ketones is 1. The van der Waals surface area contributed by atoms with E-state index in [9.17, 15) is 4.79 Å². The largest absolute Gasteiger partial charge is 0.313 e. The topological polar surface area (TPSA) is 29.1 Å². The first-order valence-corrected chi connectivity index (χ1v) is 3.39. The number of hydrogen-bond donors (Lipinski definition) is 1. The van der Waals surface area contributed by atoms with Crippen LogP contribution in [0.1, 0.15) is 20.3 Å². The summed E-state index contributed by atoms with van der Waals surface area (Å²) in [6.07, 6.45) is 0.945. The van der Waals surface area contributed by atoms with Gasteiger partial charge in [0.25, 0.3) is 0 Å². The Kier molecular flexibility index (Phi) is 4.32. The van der Waals surface area contributed by atoms with E-state index >= 15 is 0 Å². The van der Waals surface area contributed by atoms with E-state index in [1.807, 2.05) is 13.8 Å². The number of carbonyl (C=O) groups excluding carboxylic acids is 1. The fraction of sp³-hybridized carbons (Fsp3) is 0.857. The molecule has 0 spiro atoms. The molecule has 0 aliphatic rings. The average molecular weight is 129 g/mol. The van der Waals surface area contributed by atoms with Crippen LogP contribution in [0.2, 0.25) is 0 Å². The SMILES string of the molecule is CCC(C)C(=O)CNC. The van der Waals surface area contributed by atoms with Crippen molar-refractivity contribution < 1.29 is 4.79 Å². The molecule has 0 saturated carbocycles. The highest BCUT2D eigenvalue weighted by atomic mass is 16.1. The number of nitrogens with one attached hydrogen (secondary N) is 1. The van der Waals surface area contributed by atoms with Crippen LogP contribution in [0.15, 0.2) is 0 Å². The van der Waals surface area contributed by atoms with Gasteiger partial charge >= 0.3 is 0 Å². The zero-order valence-electron chi connectivity index (χ0n) is 6.40. The second-order valence-electron chi connectivity index (χ2n) is 2.31. The van der Waals surface area contributed by atoms with Gasteiger partial charge in [-0.3, -0.25) is 4.79 Å². The zero-order chi connectivity index (χ0) is 7.28. The number of hydrogen-bond acceptors (Lipinski definition) is 2. The first kappa shape index (κ1) is 8.63. The van der Waals surface area contributed by atoms with Gasteiger partial charge in [-0.1, -0.05) is 13.8 Å². The van der Waals surface area contributed by atoms with Crippen molar-refractivity contribution in [2.24, 2.45) is 5.92 Å². The van der Waals surface area contributed by atoms with Crippen LogP contribution >= 0.6 is 0 Å². The van der Waals surface area contributed by atoms with E-state index in [-0.39, 0.29) is 5.92 Å². The molecule has 0 amide bonds. The van der Waals surface area contributed by atoms with E-state index in [1.165, 1.54) is 0 Å². The van der Waals surface area contributed by atoms with E-state index in [1.54, 1.807) is 7.05 Å². The molecule has 0 aromatic rings. The monoisotopic (exact) mass is 129 g/mol. The standard InChI is InChI=1S/C7H15NO/c1-4-6(2)7(9)5-8-3/h6,8H,4-5H2,1-3H3. The lowest BCUT2D eigenvalue weighted by Gasteiger charge is -2.04. The van der Waals surface area contributed by atoms with Crippen molar-refractivity contribution in [3.8, 4) is 0 Å². The summed E-state index contributed by atoms with van der Waals surface area (Å²) < 4.78 is 0. The Balaban J connectivity index is 3.46. The normalized spacial score (nSPS) is 13.2. The number of likely N-dealkylation sites (N-methyl/N-ethyl adjacent to an activating group) is 1. The van der Waals surface area contributed by atoms with Gasteiger partial charge in [0.2, 0.25) is 0 Å². The highest BCUT2D eigenvalue weighted by Crippen LogP contribution is 1.99. The highest BCUT2D eigenvalue weighted by molar-refractivity contribution is 5.82. The lowest BCUT2D eigenvalue weighted by molar-refractivity contribution is -0.121. The zero-order valence-corrected chi connectivity index (χ0v) is 6.40. The fourth-order valence-electron chi connectivity index (χ4n) is 0.576. The fourth-order valence-corrected chi connectivity index (χ4v) is 0.576. The van der Waals surface area contributed by atoms with Crippen molar-refractivity contribution in [2.45, 2.75) is 20.3 Å². The molecule has 0 radical (unpaired) electrons. The molecule has 0 aromatic carbocycles. The van der Waals surface area contributed by atoms with Gasteiger partial charge in [-0.05, 0) is 13.5 Å². The van der Waals surface area contributed by atoms with Gasteiger partial charge in [0, 0.05) is 5.92 Å².